The lowest BCUT2D eigenvalue weighted by molar-refractivity contribution is -0.129. The summed E-state index contributed by atoms with van der Waals surface area (Å²) in [6.07, 6.45) is 2.50. The molecule has 27 heavy (non-hydrogen) atoms. The zero-order chi connectivity index (χ0) is 19.1. The third-order valence-corrected chi connectivity index (χ3v) is 4.75. The summed E-state index contributed by atoms with van der Waals surface area (Å²) in [5.41, 5.74) is 2.28. The van der Waals surface area contributed by atoms with E-state index in [0.29, 0.717) is 13.1 Å². The van der Waals surface area contributed by atoms with Crippen molar-refractivity contribution in [1.29, 1.82) is 0 Å². The van der Waals surface area contributed by atoms with Gasteiger partial charge in [-0.15, -0.1) is 0 Å². The number of benzene rings is 2. The first-order valence-corrected chi connectivity index (χ1v) is 9.14. The van der Waals surface area contributed by atoms with Crippen molar-refractivity contribution >= 4 is 5.91 Å². The Balaban J connectivity index is 1.72. The van der Waals surface area contributed by atoms with Crippen LogP contribution in [0.3, 0.4) is 0 Å². The quantitative estimate of drug-likeness (QED) is 0.574. The molecule has 0 fully saturated rings. The van der Waals surface area contributed by atoms with Crippen molar-refractivity contribution in [3.63, 3.8) is 0 Å². The van der Waals surface area contributed by atoms with Crippen molar-refractivity contribution in [2.24, 2.45) is 0 Å². The number of furan rings is 1. The zero-order valence-corrected chi connectivity index (χ0v) is 15.8. The summed E-state index contributed by atoms with van der Waals surface area (Å²) in [5, 5.41) is 0. The molecule has 4 nitrogen and oxygen atoms in total. The lowest BCUT2D eigenvalue weighted by atomic mass is 9.93. The van der Waals surface area contributed by atoms with Gasteiger partial charge in [0.25, 0.3) is 0 Å². The molecular formula is C23H25NO3. The Hall–Kier alpha value is -3.01. The number of amides is 1. The van der Waals surface area contributed by atoms with Crippen molar-refractivity contribution in [3.05, 3.63) is 89.9 Å². The lowest BCUT2D eigenvalue weighted by Crippen LogP contribution is -2.30. The second-order valence-electron chi connectivity index (χ2n) is 6.56. The summed E-state index contributed by atoms with van der Waals surface area (Å²) in [7, 11) is 1.65. The molecule has 0 bridgehead atoms. The van der Waals surface area contributed by atoms with Gasteiger partial charge in [-0.1, -0.05) is 42.5 Å². The molecule has 0 aliphatic carbocycles. The highest BCUT2D eigenvalue weighted by Crippen LogP contribution is 2.29. The van der Waals surface area contributed by atoms with Crippen LogP contribution in [0.25, 0.3) is 0 Å². The smallest absolute Gasteiger partial charge is 0.219 e. The minimum Gasteiger partial charge on any atom is -0.497 e. The van der Waals surface area contributed by atoms with Crippen LogP contribution in [0.4, 0.5) is 0 Å². The van der Waals surface area contributed by atoms with Crippen LogP contribution >= 0.6 is 0 Å². The summed E-state index contributed by atoms with van der Waals surface area (Å²) in [6, 6.07) is 22.0. The maximum atomic E-state index is 12.2. The van der Waals surface area contributed by atoms with Crippen LogP contribution < -0.4 is 4.74 Å². The molecule has 0 radical (unpaired) electrons. The van der Waals surface area contributed by atoms with Crippen LogP contribution in [-0.4, -0.2) is 24.5 Å². The van der Waals surface area contributed by atoms with E-state index in [1.54, 1.807) is 20.3 Å². The molecule has 3 rings (SSSR count). The van der Waals surface area contributed by atoms with E-state index in [0.717, 1.165) is 23.5 Å². The van der Waals surface area contributed by atoms with Gasteiger partial charge in [0.2, 0.25) is 5.91 Å². The number of hydrogen-bond acceptors (Lipinski definition) is 3. The van der Waals surface area contributed by atoms with Crippen LogP contribution in [0, 0.1) is 0 Å². The highest BCUT2D eigenvalue weighted by atomic mass is 16.5. The van der Waals surface area contributed by atoms with Gasteiger partial charge in [-0.2, -0.15) is 0 Å². The predicted octanol–water partition coefficient (Wildman–Crippen LogP) is 4.86. The van der Waals surface area contributed by atoms with Gasteiger partial charge in [-0.05, 0) is 41.8 Å². The largest absolute Gasteiger partial charge is 0.497 e. The molecule has 1 amide bonds. The van der Waals surface area contributed by atoms with Crippen molar-refractivity contribution < 1.29 is 13.9 Å². The van der Waals surface area contributed by atoms with E-state index >= 15 is 0 Å². The van der Waals surface area contributed by atoms with Crippen molar-refractivity contribution in [1.82, 2.24) is 4.90 Å². The number of nitrogens with zero attached hydrogens (tertiary/aromatic N) is 1. The van der Waals surface area contributed by atoms with Gasteiger partial charge in [-0.3, -0.25) is 4.79 Å². The van der Waals surface area contributed by atoms with E-state index in [2.05, 4.69) is 12.1 Å². The molecular weight excluding hydrogens is 338 g/mol. The highest BCUT2D eigenvalue weighted by Gasteiger charge is 2.19. The van der Waals surface area contributed by atoms with Gasteiger partial charge < -0.3 is 14.1 Å². The first-order chi connectivity index (χ1) is 13.2. The predicted molar refractivity (Wildman–Crippen MR) is 106 cm³/mol. The van der Waals surface area contributed by atoms with Gasteiger partial charge >= 0.3 is 0 Å². The molecule has 0 saturated carbocycles. The Labute approximate surface area is 160 Å². The molecule has 0 aliphatic heterocycles. The van der Waals surface area contributed by atoms with Crippen LogP contribution in [0.1, 0.15) is 36.1 Å². The van der Waals surface area contributed by atoms with Gasteiger partial charge in [0.05, 0.1) is 13.4 Å². The van der Waals surface area contributed by atoms with Crippen molar-refractivity contribution in [3.8, 4) is 5.75 Å². The Morgan fingerprint density at radius 2 is 1.78 bits per heavy atom. The molecule has 1 aromatic heterocycles. The molecule has 0 saturated heterocycles. The molecule has 2 aromatic carbocycles. The maximum absolute atomic E-state index is 12.2. The first-order valence-electron chi connectivity index (χ1n) is 9.14. The van der Waals surface area contributed by atoms with Crippen molar-refractivity contribution in [2.45, 2.75) is 25.8 Å². The normalized spacial score (nSPS) is 11.8. The Bertz CT molecular complexity index is 826. The zero-order valence-electron chi connectivity index (χ0n) is 15.8. The average molecular weight is 363 g/mol. The molecule has 3 aromatic rings. The van der Waals surface area contributed by atoms with Crippen LogP contribution in [-0.2, 0) is 11.3 Å². The van der Waals surface area contributed by atoms with Crippen LogP contribution in [0.15, 0.2) is 77.4 Å². The number of methoxy groups -OCH3 is 1. The monoisotopic (exact) mass is 363 g/mol. The van der Waals surface area contributed by atoms with E-state index in [-0.39, 0.29) is 11.8 Å². The molecule has 0 spiro atoms. The van der Waals surface area contributed by atoms with Gasteiger partial charge in [0.1, 0.15) is 11.5 Å². The second kappa shape index (κ2) is 9.08. The summed E-state index contributed by atoms with van der Waals surface area (Å²) in [5.74, 6) is 1.93. The summed E-state index contributed by atoms with van der Waals surface area (Å²) in [6.45, 7) is 2.86. The van der Waals surface area contributed by atoms with Crippen LogP contribution in [0.2, 0.25) is 0 Å². The molecule has 1 atom stereocenters. The number of rotatable bonds is 8. The van der Waals surface area contributed by atoms with E-state index < -0.39 is 0 Å². The third-order valence-electron chi connectivity index (χ3n) is 4.75. The minimum atomic E-state index is 0.0667. The third kappa shape index (κ3) is 5.00. The van der Waals surface area contributed by atoms with Gasteiger partial charge in [-0.25, -0.2) is 0 Å². The molecule has 4 heteroatoms. The Kier molecular flexibility index (Phi) is 6.31. The lowest BCUT2D eigenvalue weighted by Gasteiger charge is -2.24. The fourth-order valence-electron chi connectivity index (χ4n) is 3.23. The fraction of sp³-hybridized carbons (Fsp3) is 0.261. The van der Waals surface area contributed by atoms with Gasteiger partial charge in [0, 0.05) is 25.9 Å². The Morgan fingerprint density at radius 3 is 2.37 bits per heavy atom. The van der Waals surface area contributed by atoms with Gasteiger partial charge in [0.15, 0.2) is 0 Å². The number of carbonyl (C=O) groups excluding carboxylic acids is 1. The summed E-state index contributed by atoms with van der Waals surface area (Å²) in [4.78, 5) is 14.1. The number of carbonyl (C=O) groups is 1. The van der Waals surface area contributed by atoms with Crippen LogP contribution in [0.5, 0.6) is 5.75 Å². The second-order valence-corrected chi connectivity index (χ2v) is 6.56. The maximum Gasteiger partial charge on any atom is 0.219 e. The first kappa shape index (κ1) is 18.8. The standard InChI is InChI=1S/C23H25NO3/c1-18(25)24(17-19-10-12-21(26-2)13-11-19)15-14-22(23-9-6-16-27-23)20-7-4-3-5-8-20/h3-13,16,22H,14-15,17H2,1-2H3. The summed E-state index contributed by atoms with van der Waals surface area (Å²) < 4.78 is 10.9. The highest BCUT2D eigenvalue weighted by molar-refractivity contribution is 5.73. The van der Waals surface area contributed by atoms with Crippen molar-refractivity contribution in [2.75, 3.05) is 13.7 Å². The number of ether oxygens (including phenoxy) is 1. The topological polar surface area (TPSA) is 42.7 Å². The molecule has 1 unspecified atom stereocenters. The molecule has 0 N–H and O–H groups in total. The molecule has 140 valence electrons. The molecule has 1 heterocycles. The molecule has 0 aliphatic rings. The number of hydrogen-bond donors (Lipinski definition) is 0. The fourth-order valence-corrected chi connectivity index (χ4v) is 3.23. The van der Waals surface area contributed by atoms with E-state index in [1.807, 2.05) is 59.5 Å². The average Bonchev–Trinajstić information content (AvgIpc) is 3.23. The SMILES string of the molecule is COc1ccc(CN(CCC(c2ccccc2)c2ccco2)C(C)=O)cc1. The van der Waals surface area contributed by atoms with E-state index in [4.69, 9.17) is 9.15 Å². The van der Waals surface area contributed by atoms with E-state index in [9.17, 15) is 4.79 Å². The summed E-state index contributed by atoms with van der Waals surface area (Å²) >= 11 is 0. The van der Waals surface area contributed by atoms with E-state index in [1.165, 1.54) is 5.56 Å². The minimum absolute atomic E-state index is 0.0667. The Morgan fingerprint density at radius 1 is 1.04 bits per heavy atom.